The lowest BCUT2D eigenvalue weighted by Gasteiger charge is -2.20. The third kappa shape index (κ3) is 2.82. The maximum absolute atomic E-state index is 11.2. The molecule has 0 radical (unpaired) electrons. The predicted octanol–water partition coefficient (Wildman–Crippen LogP) is 0.534. The molecule has 1 aliphatic rings. The van der Waals surface area contributed by atoms with Gasteiger partial charge in [0.1, 0.15) is 22.2 Å². The molecule has 2 heterocycles. The third-order valence-corrected chi connectivity index (χ3v) is 4.61. The van der Waals surface area contributed by atoms with E-state index < -0.39 is 9.84 Å². The molecule has 1 aromatic rings. The number of hydrogen-bond donors (Lipinski definition) is 1. The van der Waals surface area contributed by atoms with E-state index in [1.165, 1.54) is 6.20 Å². The van der Waals surface area contributed by atoms with Crippen molar-refractivity contribution in [3.8, 4) is 0 Å². The quantitative estimate of drug-likeness (QED) is 0.840. The van der Waals surface area contributed by atoms with Gasteiger partial charge < -0.3 is 9.52 Å². The van der Waals surface area contributed by atoms with E-state index in [9.17, 15) is 8.42 Å². The van der Waals surface area contributed by atoms with Crippen LogP contribution in [-0.2, 0) is 22.9 Å². The molecule has 0 unspecified atom stereocenters. The molecule has 6 heteroatoms. The van der Waals surface area contributed by atoms with E-state index in [0.717, 1.165) is 0 Å². The summed E-state index contributed by atoms with van der Waals surface area (Å²) in [6.07, 6.45) is 3.53. The Morgan fingerprint density at radius 2 is 2.12 bits per heavy atom. The Bertz CT molecular complexity index is 437. The summed E-state index contributed by atoms with van der Waals surface area (Å²) in [4.78, 5) is 4.04. The normalized spacial score (nSPS) is 21.1. The topological polar surface area (TPSA) is 80.4 Å². The van der Waals surface area contributed by atoms with Crippen LogP contribution < -0.4 is 0 Å². The molecule has 0 saturated carbocycles. The minimum Gasteiger partial charge on any atom is -0.443 e. The van der Waals surface area contributed by atoms with Gasteiger partial charge in [-0.2, -0.15) is 0 Å². The number of nitrogens with zero attached hydrogens (tertiary/aromatic N) is 1. The minimum atomic E-state index is -2.80. The number of aliphatic hydroxyl groups excluding tert-OH is 1. The summed E-state index contributed by atoms with van der Waals surface area (Å²) < 4.78 is 27.7. The van der Waals surface area contributed by atoms with E-state index >= 15 is 0 Å². The average Bonchev–Trinajstić information content (AvgIpc) is 2.69. The predicted molar refractivity (Wildman–Crippen MR) is 57.5 cm³/mol. The Hall–Kier alpha value is -0.880. The van der Waals surface area contributed by atoms with E-state index in [0.29, 0.717) is 36.8 Å². The van der Waals surface area contributed by atoms with Gasteiger partial charge in [-0.3, -0.25) is 0 Å². The Morgan fingerprint density at radius 1 is 1.44 bits per heavy atom. The molecule has 5 nitrogen and oxygen atoms in total. The molecular formula is C10H15NO4S. The van der Waals surface area contributed by atoms with Crippen LogP contribution in [0.5, 0.6) is 0 Å². The summed E-state index contributed by atoms with van der Waals surface area (Å²) in [6.45, 7) is -0.147. The molecule has 1 saturated heterocycles. The van der Waals surface area contributed by atoms with Crippen molar-refractivity contribution >= 4 is 9.84 Å². The van der Waals surface area contributed by atoms with E-state index in [-0.39, 0.29) is 18.1 Å². The van der Waals surface area contributed by atoms with Crippen LogP contribution in [0.3, 0.4) is 0 Å². The Morgan fingerprint density at radius 3 is 2.69 bits per heavy atom. The first kappa shape index (κ1) is 11.6. The van der Waals surface area contributed by atoms with Gasteiger partial charge in [-0.15, -0.1) is 0 Å². The van der Waals surface area contributed by atoms with Crippen molar-refractivity contribution < 1.29 is 17.9 Å². The monoisotopic (exact) mass is 245 g/mol. The van der Waals surface area contributed by atoms with Crippen molar-refractivity contribution in [2.75, 3.05) is 11.5 Å². The zero-order chi connectivity index (χ0) is 11.6. The van der Waals surface area contributed by atoms with Crippen LogP contribution in [0.15, 0.2) is 10.6 Å². The Kier molecular flexibility index (Phi) is 3.30. The second kappa shape index (κ2) is 4.55. The molecule has 2 rings (SSSR count). The zero-order valence-corrected chi connectivity index (χ0v) is 9.74. The fraction of sp³-hybridized carbons (Fsp3) is 0.700. The number of oxazole rings is 1. The van der Waals surface area contributed by atoms with Gasteiger partial charge in [0.2, 0.25) is 0 Å². The van der Waals surface area contributed by atoms with E-state index in [4.69, 9.17) is 9.52 Å². The molecule has 1 aliphatic heterocycles. The maximum Gasteiger partial charge on any atom is 0.194 e. The van der Waals surface area contributed by atoms with Crippen LogP contribution in [0.25, 0.3) is 0 Å². The highest BCUT2D eigenvalue weighted by Crippen LogP contribution is 2.22. The molecule has 0 atom stereocenters. The molecule has 1 fully saturated rings. The number of rotatable bonds is 3. The SMILES string of the molecule is O=S1(=O)CCC(Cc2ncc(CO)o2)CC1. The molecule has 0 amide bonds. The molecular weight excluding hydrogens is 230 g/mol. The van der Waals surface area contributed by atoms with Gasteiger partial charge in [-0.1, -0.05) is 0 Å². The molecule has 1 aromatic heterocycles. The molecule has 90 valence electrons. The number of aromatic nitrogens is 1. The number of aliphatic hydroxyl groups is 1. The van der Waals surface area contributed by atoms with Crippen molar-refractivity contribution in [2.24, 2.45) is 5.92 Å². The summed E-state index contributed by atoms with van der Waals surface area (Å²) in [5, 5.41) is 8.81. The summed E-state index contributed by atoms with van der Waals surface area (Å²) in [5.74, 6) is 1.91. The van der Waals surface area contributed by atoms with Crippen LogP contribution >= 0.6 is 0 Å². The van der Waals surface area contributed by atoms with Crippen molar-refractivity contribution in [3.05, 3.63) is 17.8 Å². The third-order valence-electron chi connectivity index (χ3n) is 2.89. The first-order chi connectivity index (χ1) is 7.59. The van der Waals surface area contributed by atoms with E-state index in [1.807, 2.05) is 0 Å². The van der Waals surface area contributed by atoms with E-state index in [2.05, 4.69) is 4.98 Å². The van der Waals surface area contributed by atoms with Gasteiger partial charge in [-0.25, -0.2) is 13.4 Å². The van der Waals surface area contributed by atoms with Gasteiger partial charge in [-0.05, 0) is 18.8 Å². The summed E-state index contributed by atoms with van der Waals surface area (Å²) in [6, 6.07) is 0. The average molecular weight is 245 g/mol. The second-order valence-electron chi connectivity index (χ2n) is 4.18. The van der Waals surface area contributed by atoms with Crippen molar-refractivity contribution in [2.45, 2.75) is 25.9 Å². The fourth-order valence-electron chi connectivity index (χ4n) is 1.91. The van der Waals surface area contributed by atoms with Crippen LogP contribution in [0.1, 0.15) is 24.5 Å². The van der Waals surface area contributed by atoms with Crippen LogP contribution in [0, 0.1) is 5.92 Å². The number of sulfone groups is 1. The maximum atomic E-state index is 11.2. The molecule has 0 aliphatic carbocycles. The van der Waals surface area contributed by atoms with Crippen LogP contribution in [0.4, 0.5) is 0 Å². The van der Waals surface area contributed by atoms with E-state index in [1.54, 1.807) is 0 Å². The summed E-state index contributed by atoms with van der Waals surface area (Å²) >= 11 is 0. The van der Waals surface area contributed by atoms with Crippen molar-refractivity contribution in [1.29, 1.82) is 0 Å². The molecule has 1 N–H and O–H groups in total. The minimum absolute atomic E-state index is 0.147. The summed E-state index contributed by atoms with van der Waals surface area (Å²) in [7, 11) is -2.80. The van der Waals surface area contributed by atoms with Gasteiger partial charge in [0.25, 0.3) is 0 Å². The lowest BCUT2D eigenvalue weighted by molar-refractivity contribution is 0.241. The first-order valence-electron chi connectivity index (χ1n) is 5.34. The van der Waals surface area contributed by atoms with Crippen LogP contribution in [0.2, 0.25) is 0 Å². The fourth-order valence-corrected chi connectivity index (χ4v) is 3.49. The van der Waals surface area contributed by atoms with Crippen molar-refractivity contribution in [3.63, 3.8) is 0 Å². The summed E-state index contributed by atoms with van der Waals surface area (Å²) in [5.41, 5.74) is 0. The highest BCUT2D eigenvalue weighted by Gasteiger charge is 2.24. The van der Waals surface area contributed by atoms with Gasteiger partial charge in [0.15, 0.2) is 5.89 Å². The lowest BCUT2D eigenvalue weighted by atomic mass is 9.99. The Labute approximate surface area is 94.4 Å². The standard InChI is InChI=1S/C10H15NO4S/c12-7-9-6-11-10(15-9)5-8-1-3-16(13,14)4-2-8/h6,8,12H,1-5,7H2. The molecule has 0 aromatic carbocycles. The number of hydrogen-bond acceptors (Lipinski definition) is 5. The van der Waals surface area contributed by atoms with Gasteiger partial charge in [0, 0.05) is 6.42 Å². The Balaban J connectivity index is 1.91. The first-order valence-corrected chi connectivity index (χ1v) is 7.16. The van der Waals surface area contributed by atoms with Crippen LogP contribution in [-0.4, -0.2) is 30.0 Å². The zero-order valence-electron chi connectivity index (χ0n) is 8.92. The van der Waals surface area contributed by atoms with Crippen molar-refractivity contribution in [1.82, 2.24) is 4.98 Å². The largest absolute Gasteiger partial charge is 0.443 e. The highest BCUT2D eigenvalue weighted by atomic mass is 32.2. The van der Waals surface area contributed by atoms with Gasteiger partial charge >= 0.3 is 0 Å². The molecule has 0 bridgehead atoms. The highest BCUT2D eigenvalue weighted by molar-refractivity contribution is 7.91. The second-order valence-corrected chi connectivity index (χ2v) is 6.48. The smallest absolute Gasteiger partial charge is 0.194 e. The lowest BCUT2D eigenvalue weighted by Crippen LogP contribution is -2.24. The molecule has 0 spiro atoms. The molecule has 16 heavy (non-hydrogen) atoms. The van der Waals surface area contributed by atoms with Gasteiger partial charge in [0.05, 0.1) is 17.7 Å².